The van der Waals surface area contributed by atoms with E-state index in [1.54, 1.807) is 6.92 Å². The highest BCUT2D eigenvalue weighted by atomic mass is 32.3. The van der Waals surface area contributed by atoms with Crippen LogP contribution in [0.25, 0.3) is 0 Å². The fraction of sp³-hybridized carbons (Fsp3) is 1.00. The summed E-state index contributed by atoms with van der Waals surface area (Å²) in [7, 11) is -1.67. The van der Waals surface area contributed by atoms with Gasteiger partial charge in [0.05, 0.1) is 6.10 Å². The summed E-state index contributed by atoms with van der Waals surface area (Å²) in [5, 5.41) is 0. The quantitative estimate of drug-likeness (QED) is 0.552. The first-order chi connectivity index (χ1) is 5.31. The van der Waals surface area contributed by atoms with E-state index in [1.165, 1.54) is 0 Å². The van der Waals surface area contributed by atoms with E-state index in [0.717, 1.165) is 6.42 Å². The summed E-state index contributed by atoms with van der Waals surface area (Å²) in [5.74, 6) is 0. The molecule has 4 nitrogen and oxygen atoms in total. The normalized spacial score (nSPS) is 17.3. The van der Waals surface area contributed by atoms with Crippen LogP contribution >= 0.6 is 9.24 Å². The third-order valence-corrected chi connectivity index (χ3v) is 2.22. The summed E-state index contributed by atoms with van der Waals surface area (Å²) in [6.45, 7) is 3.62. The molecule has 0 aliphatic heterocycles. The van der Waals surface area contributed by atoms with Crippen molar-refractivity contribution in [3.8, 4) is 0 Å². The van der Waals surface area contributed by atoms with Crippen molar-refractivity contribution in [1.29, 1.82) is 0 Å². The Balaban J connectivity index is 3.68. The van der Waals surface area contributed by atoms with E-state index in [0.29, 0.717) is 12.1 Å². The highest BCUT2D eigenvalue weighted by molar-refractivity contribution is 7.80. The molecule has 6 heteroatoms. The molecule has 0 fully saturated rings. The second-order valence-corrected chi connectivity index (χ2v) is 5.08. The van der Waals surface area contributed by atoms with Crippen LogP contribution in [0.15, 0.2) is 0 Å². The minimum absolute atomic E-state index is 0.428. The molecule has 0 bridgehead atoms. The van der Waals surface area contributed by atoms with Crippen molar-refractivity contribution in [3.63, 3.8) is 0 Å². The molecule has 0 amide bonds. The summed E-state index contributed by atoms with van der Waals surface area (Å²) in [6.07, 6.45) is 1.01. The zero-order valence-corrected chi connectivity index (χ0v) is 9.20. The Kier molecular flexibility index (Phi) is 5.25. The van der Waals surface area contributed by atoms with Gasteiger partial charge in [0, 0.05) is 0 Å². The second-order valence-electron chi connectivity index (χ2n) is 2.89. The summed E-state index contributed by atoms with van der Waals surface area (Å²) in [4.78, 5) is 0. The Morgan fingerprint density at radius 2 is 1.92 bits per heavy atom. The molecule has 0 aliphatic rings. The van der Waals surface area contributed by atoms with Gasteiger partial charge in [-0.25, -0.2) is 4.18 Å². The van der Waals surface area contributed by atoms with Crippen LogP contribution < -0.4 is 0 Å². The molecule has 0 aromatic heterocycles. The monoisotopic (exact) mass is 214 g/mol. The average Bonchev–Trinajstić information content (AvgIpc) is 1.79. The minimum Gasteiger partial charge on any atom is -0.264 e. The van der Waals surface area contributed by atoms with Crippen molar-refractivity contribution < 1.29 is 17.2 Å². The van der Waals surface area contributed by atoms with E-state index in [-0.39, 0.29) is 0 Å². The maximum absolute atomic E-state index is 10.2. The third kappa shape index (κ3) is 8.40. The van der Waals surface area contributed by atoms with Crippen molar-refractivity contribution in [2.75, 3.05) is 0 Å². The Hall–Kier alpha value is 0.300. The largest absolute Gasteiger partial charge is 0.397 e. The number of hydrogen-bond donors (Lipinski definition) is 1. The van der Waals surface area contributed by atoms with Crippen LogP contribution in [0.1, 0.15) is 26.7 Å². The molecule has 0 aromatic carbocycles. The SMILES string of the molecule is C[C@@H](P)CC[C@H](C)OS(=O)(=O)O. The zero-order valence-electron chi connectivity index (χ0n) is 7.23. The van der Waals surface area contributed by atoms with Gasteiger partial charge < -0.3 is 0 Å². The molecule has 12 heavy (non-hydrogen) atoms. The maximum atomic E-state index is 10.2. The zero-order chi connectivity index (χ0) is 9.78. The van der Waals surface area contributed by atoms with Gasteiger partial charge in [-0.2, -0.15) is 8.42 Å². The van der Waals surface area contributed by atoms with Gasteiger partial charge in [-0.1, -0.05) is 6.92 Å². The Bertz CT molecular complexity index is 212. The predicted molar refractivity (Wildman–Crippen MR) is 50.5 cm³/mol. The molecule has 3 atom stereocenters. The van der Waals surface area contributed by atoms with Gasteiger partial charge in [-0.15, -0.1) is 9.24 Å². The van der Waals surface area contributed by atoms with E-state index in [4.69, 9.17) is 4.55 Å². The van der Waals surface area contributed by atoms with Gasteiger partial charge in [0.1, 0.15) is 0 Å². The molecular formula is C6H15O4PS. The van der Waals surface area contributed by atoms with E-state index in [9.17, 15) is 8.42 Å². The number of rotatable bonds is 5. The standard InChI is InChI=1S/C6H15O4PS/c1-5(3-4-6(2)11)10-12(7,8)9/h5-6H,3-4,11H2,1-2H3,(H,7,8,9)/t5-,6+/m0/s1. The Labute approximate surface area is 75.8 Å². The molecule has 0 spiro atoms. The van der Waals surface area contributed by atoms with Gasteiger partial charge >= 0.3 is 10.4 Å². The Morgan fingerprint density at radius 3 is 2.25 bits per heavy atom. The summed E-state index contributed by atoms with van der Waals surface area (Å²) in [6, 6.07) is 0. The number of hydrogen-bond acceptors (Lipinski definition) is 3. The Morgan fingerprint density at radius 1 is 1.42 bits per heavy atom. The van der Waals surface area contributed by atoms with Gasteiger partial charge in [0.2, 0.25) is 0 Å². The molecule has 0 saturated heterocycles. The van der Waals surface area contributed by atoms with Crippen molar-refractivity contribution in [2.24, 2.45) is 0 Å². The second kappa shape index (κ2) is 5.12. The van der Waals surface area contributed by atoms with Gasteiger partial charge in [0.15, 0.2) is 0 Å². The van der Waals surface area contributed by atoms with Gasteiger partial charge in [-0.05, 0) is 25.4 Å². The van der Waals surface area contributed by atoms with Crippen LogP contribution in [-0.2, 0) is 14.6 Å². The first-order valence-electron chi connectivity index (χ1n) is 3.72. The third-order valence-electron chi connectivity index (χ3n) is 1.31. The summed E-state index contributed by atoms with van der Waals surface area (Å²) in [5.41, 5.74) is 0.428. The van der Waals surface area contributed by atoms with E-state index in [2.05, 4.69) is 13.4 Å². The lowest BCUT2D eigenvalue weighted by atomic mass is 10.2. The minimum atomic E-state index is -4.28. The van der Waals surface area contributed by atoms with Crippen LogP contribution in [0.3, 0.4) is 0 Å². The smallest absolute Gasteiger partial charge is 0.264 e. The fourth-order valence-corrected chi connectivity index (χ4v) is 1.46. The maximum Gasteiger partial charge on any atom is 0.397 e. The predicted octanol–water partition coefficient (Wildman–Crippen LogP) is 1.24. The van der Waals surface area contributed by atoms with Crippen molar-refractivity contribution in [2.45, 2.75) is 38.5 Å². The molecule has 0 heterocycles. The van der Waals surface area contributed by atoms with Crippen LogP contribution in [0.4, 0.5) is 0 Å². The topological polar surface area (TPSA) is 63.6 Å². The lowest BCUT2D eigenvalue weighted by Gasteiger charge is -2.10. The molecule has 74 valence electrons. The molecule has 0 radical (unpaired) electrons. The van der Waals surface area contributed by atoms with Crippen molar-refractivity contribution in [1.82, 2.24) is 0 Å². The van der Waals surface area contributed by atoms with Crippen molar-refractivity contribution in [3.05, 3.63) is 0 Å². The molecule has 0 rings (SSSR count). The summed E-state index contributed by atoms with van der Waals surface area (Å²) < 4.78 is 33.0. The molecule has 1 unspecified atom stereocenters. The highest BCUT2D eigenvalue weighted by Crippen LogP contribution is 2.11. The van der Waals surface area contributed by atoms with Crippen LogP contribution in [0.2, 0.25) is 0 Å². The fourth-order valence-electron chi connectivity index (χ4n) is 0.753. The first kappa shape index (κ1) is 12.3. The molecular weight excluding hydrogens is 199 g/mol. The lowest BCUT2D eigenvalue weighted by Crippen LogP contribution is -2.15. The van der Waals surface area contributed by atoms with Crippen LogP contribution in [-0.4, -0.2) is 24.7 Å². The molecule has 0 aliphatic carbocycles. The molecule has 0 saturated carbocycles. The van der Waals surface area contributed by atoms with Crippen LogP contribution in [0, 0.1) is 0 Å². The average molecular weight is 214 g/mol. The van der Waals surface area contributed by atoms with E-state index in [1.807, 2.05) is 6.92 Å². The first-order valence-corrected chi connectivity index (χ1v) is 5.75. The van der Waals surface area contributed by atoms with Crippen molar-refractivity contribution >= 4 is 19.6 Å². The van der Waals surface area contributed by atoms with Gasteiger partial charge in [0.25, 0.3) is 0 Å². The van der Waals surface area contributed by atoms with E-state index < -0.39 is 16.5 Å². The van der Waals surface area contributed by atoms with Crippen LogP contribution in [0.5, 0.6) is 0 Å². The summed E-state index contributed by atoms with van der Waals surface area (Å²) >= 11 is 0. The highest BCUT2D eigenvalue weighted by Gasteiger charge is 2.12. The molecule has 1 N–H and O–H groups in total. The lowest BCUT2D eigenvalue weighted by molar-refractivity contribution is 0.187. The molecule has 0 aromatic rings. The van der Waals surface area contributed by atoms with Gasteiger partial charge in [-0.3, -0.25) is 4.55 Å². The van der Waals surface area contributed by atoms with E-state index >= 15 is 0 Å².